The van der Waals surface area contributed by atoms with Crippen LogP contribution in [0.5, 0.6) is 0 Å². The van der Waals surface area contributed by atoms with Crippen molar-refractivity contribution < 1.29 is 4.42 Å². The van der Waals surface area contributed by atoms with Crippen LogP contribution in [0, 0.1) is 0 Å². The summed E-state index contributed by atoms with van der Waals surface area (Å²) >= 11 is 0. The highest BCUT2D eigenvalue weighted by Crippen LogP contribution is 2.51. The van der Waals surface area contributed by atoms with Gasteiger partial charge in [-0.1, -0.05) is 141 Å². The van der Waals surface area contributed by atoms with Gasteiger partial charge in [-0.25, -0.2) is 0 Å². The Morgan fingerprint density at radius 1 is 0.392 bits per heavy atom. The first kappa shape index (κ1) is 29.5. The Balaban J connectivity index is 1.11. The summed E-state index contributed by atoms with van der Waals surface area (Å²) in [5.41, 5.74) is 15.2. The topological polar surface area (TPSA) is 16.4 Å². The molecule has 0 fully saturated rings. The quantitative estimate of drug-likeness (QED) is 0.184. The standard InChI is InChI=1S/C49H35NO/c1-49(2)44-18-10-8-15-39(44)40-29-28-37(30-45(40)49)50(35-24-20-33(21-25-35)32-12-4-3-5-13-32)36-26-22-34(23-27-36)43-31-47-48(41-16-7-6-14-38(41)43)42-17-9-11-19-46(42)51-47/h3-31H,1-2H3. The molecule has 1 heterocycles. The number of anilines is 3. The Morgan fingerprint density at radius 3 is 1.73 bits per heavy atom. The molecule has 10 rings (SSSR count). The molecule has 0 unspecified atom stereocenters. The first-order chi connectivity index (χ1) is 25.0. The molecule has 2 heteroatoms. The highest BCUT2D eigenvalue weighted by Gasteiger charge is 2.35. The van der Waals surface area contributed by atoms with Crippen LogP contribution in [0.3, 0.4) is 0 Å². The zero-order chi connectivity index (χ0) is 34.1. The van der Waals surface area contributed by atoms with E-state index in [-0.39, 0.29) is 5.41 Å². The Labute approximate surface area is 297 Å². The van der Waals surface area contributed by atoms with Crippen LogP contribution in [-0.4, -0.2) is 0 Å². The third-order valence-corrected chi connectivity index (χ3v) is 10.9. The predicted octanol–water partition coefficient (Wildman–Crippen LogP) is 13.8. The lowest BCUT2D eigenvalue weighted by atomic mass is 9.82. The summed E-state index contributed by atoms with van der Waals surface area (Å²) in [6.45, 7) is 4.69. The minimum absolute atomic E-state index is 0.0923. The Bertz CT molecular complexity index is 2750. The summed E-state index contributed by atoms with van der Waals surface area (Å²) in [4.78, 5) is 2.39. The van der Waals surface area contributed by atoms with Crippen LogP contribution < -0.4 is 4.90 Å². The molecule has 51 heavy (non-hydrogen) atoms. The van der Waals surface area contributed by atoms with E-state index in [9.17, 15) is 0 Å². The molecular weight excluding hydrogens is 619 g/mol. The van der Waals surface area contributed by atoms with E-state index in [1.165, 1.54) is 55.1 Å². The first-order valence-corrected chi connectivity index (χ1v) is 17.7. The average molecular weight is 654 g/mol. The average Bonchev–Trinajstić information content (AvgIpc) is 3.67. The van der Waals surface area contributed by atoms with Gasteiger partial charge in [0.05, 0.1) is 0 Å². The maximum absolute atomic E-state index is 6.41. The van der Waals surface area contributed by atoms with E-state index < -0.39 is 0 Å². The Morgan fingerprint density at radius 2 is 0.961 bits per heavy atom. The van der Waals surface area contributed by atoms with Crippen molar-refractivity contribution in [3.05, 3.63) is 187 Å². The third-order valence-electron chi connectivity index (χ3n) is 10.9. The number of hydrogen-bond acceptors (Lipinski definition) is 2. The van der Waals surface area contributed by atoms with Gasteiger partial charge in [0.15, 0.2) is 0 Å². The second-order valence-electron chi connectivity index (χ2n) is 14.1. The monoisotopic (exact) mass is 653 g/mol. The van der Waals surface area contributed by atoms with Crippen molar-refractivity contribution in [2.45, 2.75) is 19.3 Å². The van der Waals surface area contributed by atoms with Crippen molar-refractivity contribution in [1.29, 1.82) is 0 Å². The highest BCUT2D eigenvalue weighted by molar-refractivity contribution is 6.22. The molecule has 1 aromatic heterocycles. The fourth-order valence-electron chi connectivity index (χ4n) is 8.33. The van der Waals surface area contributed by atoms with Gasteiger partial charge in [0.2, 0.25) is 0 Å². The summed E-state index contributed by atoms with van der Waals surface area (Å²) in [5.74, 6) is 0. The maximum Gasteiger partial charge on any atom is 0.136 e. The van der Waals surface area contributed by atoms with Gasteiger partial charge in [0, 0.05) is 33.2 Å². The van der Waals surface area contributed by atoms with Gasteiger partial charge in [0.25, 0.3) is 0 Å². The van der Waals surface area contributed by atoms with Gasteiger partial charge in [-0.05, 0) is 104 Å². The molecule has 2 nitrogen and oxygen atoms in total. The van der Waals surface area contributed by atoms with Crippen molar-refractivity contribution in [1.82, 2.24) is 0 Å². The van der Waals surface area contributed by atoms with E-state index in [1.54, 1.807) is 0 Å². The third kappa shape index (κ3) is 4.64. The van der Waals surface area contributed by atoms with Gasteiger partial charge in [-0.15, -0.1) is 0 Å². The molecule has 0 amide bonds. The van der Waals surface area contributed by atoms with Crippen LogP contribution in [0.25, 0.3) is 66.1 Å². The lowest BCUT2D eigenvalue weighted by Crippen LogP contribution is -2.16. The van der Waals surface area contributed by atoms with Crippen LogP contribution in [0.15, 0.2) is 180 Å². The van der Waals surface area contributed by atoms with Gasteiger partial charge in [0.1, 0.15) is 11.2 Å². The van der Waals surface area contributed by atoms with Crippen LogP contribution in [0.1, 0.15) is 25.0 Å². The maximum atomic E-state index is 6.41. The fraction of sp³-hybridized carbons (Fsp3) is 0.0612. The molecule has 8 aromatic carbocycles. The lowest BCUT2D eigenvalue weighted by molar-refractivity contribution is 0.660. The number of fused-ring (bicyclic) bond motifs is 8. The highest BCUT2D eigenvalue weighted by atomic mass is 16.3. The van der Waals surface area contributed by atoms with Crippen LogP contribution in [0.2, 0.25) is 0 Å². The van der Waals surface area contributed by atoms with E-state index in [4.69, 9.17) is 4.42 Å². The molecule has 0 N–H and O–H groups in total. The molecule has 0 saturated carbocycles. The molecule has 0 bridgehead atoms. The van der Waals surface area contributed by atoms with E-state index >= 15 is 0 Å². The van der Waals surface area contributed by atoms with E-state index in [1.807, 2.05) is 6.07 Å². The molecule has 0 saturated heterocycles. The number of benzene rings is 8. The molecule has 0 radical (unpaired) electrons. The molecule has 242 valence electrons. The van der Waals surface area contributed by atoms with Crippen molar-refractivity contribution >= 4 is 49.8 Å². The largest absolute Gasteiger partial charge is 0.456 e. The van der Waals surface area contributed by atoms with Gasteiger partial charge >= 0.3 is 0 Å². The zero-order valence-electron chi connectivity index (χ0n) is 28.6. The molecule has 1 aliphatic carbocycles. The van der Waals surface area contributed by atoms with E-state index in [2.05, 4.69) is 189 Å². The summed E-state index contributed by atoms with van der Waals surface area (Å²) in [6, 6.07) is 63.6. The molecule has 0 atom stereocenters. The van der Waals surface area contributed by atoms with Gasteiger partial charge in [-0.2, -0.15) is 0 Å². The minimum Gasteiger partial charge on any atom is -0.456 e. The molecule has 1 aliphatic rings. The molecule has 9 aromatic rings. The second-order valence-corrected chi connectivity index (χ2v) is 14.1. The van der Waals surface area contributed by atoms with E-state index in [0.29, 0.717) is 0 Å². The Hall–Kier alpha value is -6.38. The summed E-state index contributed by atoms with van der Waals surface area (Å²) in [7, 11) is 0. The number of nitrogens with zero attached hydrogens (tertiary/aromatic N) is 1. The zero-order valence-corrected chi connectivity index (χ0v) is 28.6. The lowest BCUT2D eigenvalue weighted by Gasteiger charge is -2.28. The minimum atomic E-state index is -0.0923. The normalized spacial score (nSPS) is 13.1. The number of furan rings is 1. The number of hydrogen-bond donors (Lipinski definition) is 0. The fourth-order valence-corrected chi connectivity index (χ4v) is 8.33. The van der Waals surface area contributed by atoms with Crippen LogP contribution in [0.4, 0.5) is 17.1 Å². The first-order valence-electron chi connectivity index (χ1n) is 17.7. The Kier molecular flexibility index (Phi) is 6.56. The smallest absolute Gasteiger partial charge is 0.136 e. The summed E-state index contributed by atoms with van der Waals surface area (Å²) in [5, 5.41) is 4.76. The van der Waals surface area contributed by atoms with Crippen molar-refractivity contribution in [3.63, 3.8) is 0 Å². The number of rotatable bonds is 5. The van der Waals surface area contributed by atoms with E-state index in [0.717, 1.165) is 39.2 Å². The van der Waals surface area contributed by atoms with Gasteiger partial charge < -0.3 is 9.32 Å². The predicted molar refractivity (Wildman–Crippen MR) is 214 cm³/mol. The van der Waals surface area contributed by atoms with Crippen molar-refractivity contribution in [3.8, 4) is 33.4 Å². The van der Waals surface area contributed by atoms with Gasteiger partial charge in [-0.3, -0.25) is 0 Å². The van der Waals surface area contributed by atoms with Crippen molar-refractivity contribution in [2.75, 3.05) is 4.90 Å². The SMILES string of the molecule is CC1(C)c2ccccc2-c2ccc(N(c3ccc(-c4ccccc4)cc3)c3ccc(-c4cc5oc6ccccc6c5c5ccccc45)cc3)cc21. The molecule has 0 aliphatic heterocycles. The summed E-state index contributed by atoms with van der Waals surface area (Å²) < 4.78 is 6.41. The summed E-state index contributed by atoms with van der Waals surface area (Å²) in [6.07, 6.45) is 0. The van der Waals surface area contributed by atoms with Crippen LogP contribution in [-0.2, 0) is 5.41 Å². The molecular formula is C49H35NO. The second kappa shape index (κ2) is 11.3. The number of para-hydroxylation sites is 1. The molecule has 0 spiro atoms. The van der Waals surface area contributed by atoms with Crippen LogP contribution >= 0.6 is 0 Å². The van der Waals surface area contributed by atoms with Crippen molar-refractivity contribution in [2.24, 2.45) is 0 Å².